The first-order valence-corrected chi connectivity index (χ1v) is 8.32. The fourth-order valence-electron chi connectivity index (χ4n) is 2.93. The molecule has 0 atom stereocenters. The Morgan fingerprint density at radius 3 is 2.63 bits per heavy atom. The highest BCUT2D eigenvalue weighted by Crippen LogP contribution is 2.31. The number of rotatable bonds is 4. The van der Waals surface area contributed by atoms with E-state index in [1.807, 2.05) is 30.3 Å². The van der Waals surface area contributed by atoms with Gasteiger partial charge in [-0.05, 0) is 42.0 Å². The van der Waals surface area contributed by atoms with Gasteiger partial charge in [-0.15, -0.1) is 0 Å². The number of aromatic amines is 1. The van der Waals surface area contributed by atoms with Crippen LogP contribution in [-0.2, 0) is 0 Å². The predicted molar refractivity (Wildman–Crippen MR) is 103 cm³/mol. The Kier molecular flexibility index (Phi) is 4.22. The average Bonchev–Trinajstić information content (AvgIpc) is 3.07. The van der Waals surface area contributed by atoms with Crippen LogP contribution in [0.25, 0.3) is 22.2 Å². The van der Waals surface area contributed by atoms with Crippen molar-refractivity contribution in [1.29, 1.82) is 0 Å². The van der Waals surface area contributed by atoms with Gasteiger partial charge >= 0.3 is 5.76 Å². The van der Waals surface area contributed by atoms with E-state index in [1.54, 1.807) is 43.5 Å². The highest BCUT2D eigenvalue weighted by Gasteiger charge is 2.12. The molecule has 0 radical (unpaired) electrons. The molecule has 1 amide bonds. The first-order chi connectivity index (χ1) is 13.1. The summed E-state index contributed by atoms with van der Waals surface area (Å²) in [4.78, 5) is 26.5. The number of hydrogen-bond acceptors (Lipinski definition) is 4. The van der Waals surface area contributed by atoms with Crippen LogP contribution >= 0.6 is 0 Å². The highest BCUT2D eigenvalue weighted by molar-refractivity contribution is 6.05. The summed E-state index contributed by atoms with van der Waals surface area (Å²) in [7, 11) is 1.60. The van der Waals surface area contributed by atoms with Crippen LogP contribution in [0.5, 0.6) is 5.75 Å². The maximum absolute atomic E-state index is 12.7. The monoisotopic (exact) mass is 360 g/mol. The molecule has 6 nitrogen and oxygen atoms in total. The Bertz CT molecular complexity index is 1180. The molecule has 1 heterocycles. The van der Waals surface area contributed by atoms with Gasteiger partial charge in [-0.2, -0.15) is 0 Å². The fourth-order valence-corrected chi connectivity index (χ4v) is 2.93. The zero-order valence-electron chi connectivity index (χ0n) is 14.5. The van der Waals surface area contributed by atoms with Gasteiger partial charge in [0.25, 0.3) is 5.91 Å². The normalized spacial score (nSPS) is 10.7. The molecule has 0 fully saturated rings. The summed E-state index contributed by atoms with van der Waals surface area (Å²) < 4.78 is 10.4. The van der Waals surface area contributed by atoms with Gasteiger partial charge in [0.2, 0.25) is 0 Å². The van der Waals surface area contributed by atoms with Crippen molar-refractivity contribution < 1.29 is 13.9 Å². The van der Waals surface area contributed by atoms with E-state index in [4.69, 9.17) is 9.15 Å². The number of H-pyrrole nitrogens is 1. The third-order valence-corrected chi connectivity index (χ3v) is 4.22. The maximum Gasteiger partial charge on any atom is 0.417 e. The van der Waals surface area contributed by atoms with Crippen molar-refractivity contribution in [3.63, 3.8) is 0 Å². The second-order valence-electron chi connectivity index (χ2n) is 5.96. The molecule has 0 aliphatic carbocycles. The number of methoxy groups -OCH3 is 1. The number of ether oxygens (including phenoxy) is 1. The van der Waals surface area contributed by atoms with Crippen molar-refractivity contribution in [1.82, 2.24) is 4.98 Å². The quantitative estimate of drug-likeness (QED) is 0.575. The van der Waals surface area contributed by atoms with Gasteiger partial charge in [-0.3, -0.25) is 9.78 Å². The van der Waals surface area contributed by atoms with Gasteiger partial charge in [0.15, 0.2) is 5.58 Å². The molecule has 134 valence electrons. The number of aromatic nitrogens is 1. The molecule has 0 unspecified atom stereocenters. The zero-order valence-corrected chi connectivity index (χ0v) is 14.5. The summed E-state index contributed by atoms with van der Waals surface area (Å²) in [5.41, 5.74) is 3.81. The Morgan fingerprint density at radius 1 is 1.04 bits per heavy atom. The molecule has 6 heteroatoms. The minimum atomic E-state index is -0.531. The van der Waals surface area contributed by atoms with Crippen LogP contribution < -0.4 is 15.8 Å². The van der Waals surface area contributed by atoms with E-state index >= 15 is 0 Å². The number of amides is 1. The summed E-state index contributed by atoms with van der Waals surface area (Å²) in [6.45, 7) is 0. The topological polar surface area (TPSA) is 84.3 Å². The van der Waals surface area contributed by atoms with Crippen molar-refractivity contribution in [2.75, 3.05) is 12.4 Å². The smallest absolute Gasteiger partial charge is 0.417 e. The second kappa shape index (κ2) is 6.84. The Labute approximate surface area is 154 Å². The molecule has 0 bridgehead atoms. The molecule has 0 aliphatic heterocycles. The maximum atomic E-state index is 12.7. The summed E-state index contributed by atoms with van der Waals surface area (Å²) in [5, 5.41) is 2.83. The zero-order chi connectivity index (χ0) is 18.8. The minimum Gasteiger partial charge on any atom is -0.496 e. The number of nitrogens with one attached hydrogen (secondary N) is 2. The molecular weight excluding hydrogens is 344 g/mol. The van der Waals surface area contributed by atoms with Crippen molar-refractivity contribution in [2.45, 2.75) is 0 Å². The standard InChI is InChI=1S/C21H16N2O4/c1-26-18-9-7-14(11-16(18)13-5-3-2-4-6-13)20(24)22-15-8-10-19-17(12-15)23-21(25)27-19/h2-12H,1H3,(H,22,24)(H,23,25). The number of oxazole rings is 1. The SMILES string of the molecule is COc1ccc(C(=O)Nc2ccc3oc(=O)[nH]c3c2)cc1-c1ccccc1. The number of fused-ring (bicyclic) bond motifs is 1. The van der Waals surface area contributed by atoms with Gasteiger partial charge in [0.05, 0.1) is 12.6 Å². The van der Waals surface area contributed by atoms with Gasteiger partial charge in [-0.1, -0.05) is 30.3 Å². The summed E-state index contributed by atoms with van der Waals surface area (Å²) in [5.74, 6) is -0.105. The molecule has 0 aliphatic rings. The van der Waals surface area contributed by atoms with Crippen molar-refractivity contribution in [3.05, 3.63) is 82.8 Å². The molecule has 1 aromatic heterocycles. The molecule has 4 aromatic rings. The van der Waals surface area contributed by atoms with Gasteiger partial charge in [0.1, 0.15) is 5.75 Å². The van der Waals surface area contributed by atoms with Crippen LogP contribution in [0.4, 0.5) is 5.69 Å². The third-order valence-electron chi connectivity index (χ3n) is 4.22. The first kappa shape index (κ1) is 16.7. The number of carbonyl (C=O) groups is 1. The van der Waals surface area contributed by atoms with Crippen LogP contribution in [0, 0.1) is 0 Å². The van der Waals surface area contributed by atoms with E-state index in [2.05, 4.69) is 10.3 Å². The van der Waals surface area contributed by atoms with Crippen molar-refractivity contribution in [3.8, 4) is 16.9 Å². The first-order valence-electron chi connectivity index (χ1n) is 8.32. The molecule has 0 saturated heterocycles. The van der Waals surface area contributed by atoms with Crippen LogP contribution in [-0.4, -0.2) is 18.0 Å². The fraction of sp³-hybridized carbons (Fsp3) is 0.0476. The van der Waals surface area contributed by atoms with Crippen molar-refractivity contribution >= 4 is 22.7 Å². The summed E-state index contributed by atoms with van der Waals surface area (Å²) in [6, 6.07) is 20.0. The van der Waals surface area contributed by atoms with Crippen LogP contribution in [0.1, 0.15) is 10.4 Å². The molecule has 0 spiro atoms. The Hall–Kier alpha value is -3.80. The lowest BCUT2D eigenvalue weighted by molar-refractivity contribution is 0.102. The molecular formula is C21H16N2O4. The number of anilines is 1. The van der Waals surface area contributed by atoms with E-state index in [9.17, 15) is 9.59 Å². The molecule has 27 heavy (non-hydrogen) atoms. The van der Waals surface area contributed by atoms with Crippen LogP contribution in [0.15, 0.2) is 75.9 Å². The van der Waals surface area contributed by atoms with Gasteiger partial charge in [0, 0.05) is 16.8 Å². The van der Waals surface area contributed by atoms with E-state index in [-0.39, 0.29) is 5.91 Å². The van der Waals surface area contributed by atoms with Gasteiger partial charge < -0.3 is 14.5 Å². The van der Waals surface area contributed by atoms with E-state index in [0.29, 0.717) is 28.1 Å². The summed E-state index contributed by atoms with van der Waals surface area (Å²) >= 11 is 0. The Balaban J connectivity index is 1.65. The molecule has 4 rings (SSSR count). The van der Waals surface area contributed by atoms with Gasteiger partial charge in [-0.25, -0.2) is 4.79 Å². The predicted octanol–water partition coefficient (Wildman–Crippen LogP) is 4.05. The van der Waals surface area contributed by atoms with Crippen LogP contribution in [0.2, 0.25) is 0 Å². The third kappa shape index (κ3) is 3.32. The second-order valence-corrected chi connectivity index (χ2v) is 5.96. The van der Waals surface area contributed by atoms with E-state index in [0.717, 1.165) is 11.1 Å². The molecule has 0 saturated carbocycles. The highest BCUT2D eigenvalue weighted by atomic mass is 16.5. The minimum absolute atomic E-state index is 0.264. The number of benzene rings is 3. The number of carbonyl (C=O) groups excluding carboxylic acids is 1. The lowest BCUT2D eigenvalue weighted by Crippen LogP contribution is -2.12. The van der Waals surface area contributed by atoms with E-state index in [1.165, 1.54) is 0 Å². The lowest BCUT2D eigenvalue weighted by atomic mass is 10.0. The lowest BCUT2D eigenvalue weighted by Gasteiger charge is -2.11. The van der Waals surface area contributed by atoms with Crippen LogP contribution in [0.3, 0.4) is 0 Å². The Morgan fingerprint density at radius 2 is 1.85 bits per heavy atom. The van der Waals surface area contributed by atoms with Crippen molar-refractivity contribution in [2.24, 2.45) is 0 Å². The molecule has 3 aromatic carbocycles. The summed E-state index contributed by atoms with van der Waals surface area (Å²) in [6.07, 6.45) is 0. The average molecular weight is 360 g/mol. The van der Waals surface area contributed by atoms with E-state index < -0.39 is 5.76 Å². The largest absolute Gasteiger partial charge is 0.496 e. The molecule has 2 N–H and O–H groups in total. The number of hydrogen-bond donors (Lipinski definition) is 2.